The second-order valence-electron chi connectivity index (χ2n) is 3.82. The SMILES string of the molecule is CC.Cn1ccc2cc3c(ccn3C)cc21. The van der Waals surface area contributed by atoms with Gasteiger partial charge in [0.25, 0.3) is 0 Å². The highest BCUT2D eigenvalue weighted by Crippen LogP contribution is 2.23. The molecule has 0 fully saturated rings. The van der Waals surface area contributed by atoms with Gasteiger partial charge < -0.3 is 9.13 Å². The van der Waals surface area contributed by atoms with E-state index in [4.69, 9.17) is 0 Å². The summed E-state index contributed by atoms with van der Waals surface area (Å²) in [6, 6.07) is 8.79. The Morgan fingerprint density at radius 1 is 0.750 bits per heavy atom. The lowest BCUT2D eigenvalue weighted by atomic mass is 10.2. The van der Waals surface area contributed by atoms with Crippen LogP contribution in [0.1, 0.15) is 13.8 Å². The molecule has 0 aliphatic rings. The van der Waals surface area contributed by atoms with Crippen molar-refractivity contribution < 1.29 is 0 Å². The summed E-state index contributed by atoms with van der Waals surface area (Å²) in [5.74, 6) is 0. The van der Waals surface area contributed by atoms with Crippen LogP contribution in [-0.2, 0) is 14.1 Å². The molecule has 0 spiro atoms. The van der Waals surface area contributed by atoms with E-state index in [-0.39, 0.29) is 0 Å². The molecule has 84 valence electrons. The van der Waals surface area contributed by atoms with Crippen molar-refractivity contribution in [1.82, 2.24) is 9.13 Å². The van der Waals surface area contributed by atoms with Crippen molar-refractivity contribution in [2.24, 2.45) is 14.1 Å². The fourth-order valence-electron chi connectivity index (χ4n) is 2.03. The Kier molecular flexibility index (Phi) is 2.73. The molecule has 0 aliphatic heterocycles. The van der Waals surface area contributed by atoms with Crippen LogP contribution in [0.15, 0.2) is 36.7 Å². The van der Waals surface area contributed by atoms with Gasteiger partial charge in [-0.2, -0.15) is 0 Å². The lowest BCUT2D eigenvalue weighted by molar-refractivity contribution is 0.966. The normalized spacial score (nSPS) is 10.5. The van der Waals surface area contributed by atoms with Gasteiger partial charge in [-0.25, -0.2) is 0 Å². The van der Waals surface area contributed by atoms with E-state index in [1.54, 1.807) is 0 Å². The lowest BCUT2D eigenvalue weighted by Crippen LogP contribution is -1.85. The van der Waals surface area contributed by atoms with Gasteiger partial charge in [0.05, 0.1) is 0 Å². The smallest absolute Gasteiger partial charge is 0.0485 e. The van der Waals surface area contributed by atoms with E-state index in [0.717, 1.165) is 0 Å². The van der Waals surface area contributed by atoms with Crippen LogP contribution >= 0.6 is 0 Å². The monoisotopic (exact) mass is 214 g/mol. The first-order chi connectivity index (χ1) is 7.75. The molecule has 0 bridgehead atoms. The van der Waals surface area contributed by atoms with E-state index in [1.807, 2.05) is 13.8 Å². The number of rotatable bonds is 0. The Labute approximate surface area is 96.1 Å². The van der Waals surface area contributed by atoms with Gasteiger partial charge in [-0.3, -0.25) is 0 Å². The third kappa shape index (κ3) is 1.51. The van der Waals surface area contributed by atoms with Crippen molar-refractivity contribution in [3.8, 4) is 0 Å². The van der Waals surface area contributed by atoms with Crippen LogP contribution in [0.5, 0.6) is 0 Å². The van der Waals surface area contributed by atoms with Gasteiger partial charge >= 0.3 is 0 Å². The summed E-state index contributed by atoms with van der Waals surface area (Å²) in [7, 11) is 4.16. The van der Waals surface area contributed by atoms with Crippen molar-refractivity contribution in [2.75, 3.05) is 0 Å². The summed E-state index contributed by atoms with van der Waals surface area (Å²) in [5, 5.41) is 2.61. The number of nitrogens with zero attached hydrogens (tertiary/aromatic N) is 2. The summed E-state index contributed by atoms with van der Waals surface area (Å²) in [6.07, 6.45) is 4.20. The summed E-state index contributed by atoms with van der Waals surface area (Å²) in [4.78, 5) is 0. The van der Waals surface area contributed by atoms with Gasteiger partial charge in [0.2, 0.25) is 0 Å². The molecule has 2 aromatic heterocycles. The molecule has 0 radical (unpaired) electrons. The zero-order chi connectivity index (χ0) is 11.7. The Hall–Kier alpha value is -1.70. The molecule has 0 unspecified atom stereocenters. The van der Waals surface area contributed by atoms with Gasteiger partial charge in [0, 0.05) is 48.3 Å². The number of fused-ring (bicyclic) bond motifs is 2. The number of aryl methyl sites for hydroxylation is 2. The van der Waals surface area contributed by atoms with E-state index < -0.39 is 0 Å². The highest BCUT2D eigenvalue weighted by molar-refractivity contribution is 5.95. The molecular formula is C14H18N2. The second-order valence-corrected chi connectivity index (χ2v) is 3.82. The van der Waals surface area contributed by atoms with Crippen molar-refractivity contribution in [3.63, 3.8) is 0 Å². The third-order valence-corrected chi connectivity index (χ3v) is 2.89. The molecule has 3 rings (SSSR count). The molecule has 0 atom stereocenters. The van der Waals surface area contributed by atoms with Crippen LogP contribution in [-0.4, -0.2) is 9.13 Å². The number of hydrogen-bond donors (Lipinski definition) is 0. The Bertz CT molecular complexity index is 558. The quantitative estimate of drug-likeness (QED) is 0.540. The summed E-state index contributed by atoms with van der Waals surface area (Å²) in [5.41, 5.74) is 2.59. The highest BCUT2D eigenvalue weighted by Gasteiger charge is 2.02. The molecule has 2 heterocycles. The van der Waals surface area contributed by atoms with Crippen molar-refractivity contribution in [3.05, 3.63) is 36.7 Å². The van der Waals surface area contributed by atoms with Crippen LogP contribution < -0.4 is 0 Å². The fourth-order valence-corrected chi connectivity index (χ4v) is 2.03. The Balaban J connectivity index is 0.000000457. The van der Waals surface area contributed by atoms with Crippen molar-refractivity contribution >= 4 is 21.8 Å². The van der Waals surface area contributed by atoms with Gasteiger partial charge in [0.15, 0.2) is 0 Å². The predicted octanol–water partition coefficient (Wildman–Crippen LogP) is 3.70. The van der Waals surface area contributed by atoms with Crippen LogP contribution in [0.2, 0.25) is 0 Å². The van der Waals surface area contributed by atoms with E-state index in [1.165, 1.54) is 21.8 Å². The zero-order valence-electron chi connectivity index (χ0n) is 10.4. The molecule has 0 saturated carbocycles. The first-order valence-corrected chi connectivity index (χ1v) is 5.76. The van der Waals surface area contributed by atoms with E-state index in [9.17, 15) is 0 Å². The maximum atomic E-state index is 2.24. The summed E-state index contributed by atoms with van der Waals surface area (Å²) >= 11 is 0. The van der Waals surface area contributed by atoms with Gasteiger partial charge in [0.1, 0.15) is 0 Å². The topological polar surface area (TPSA) is 9.86 Å². The molecule has 16 heavy (non-hydrogen) atoms. The van der Waals surface area contributed by atoms with Gasteiger partial charge in [-0.15, -0.1) is 0 Å². The van der Waals surface area contributed by atoms with E-state index in [2.05, 4.69) is 59.9 Å². The molecule has 2 nitrogen and oxygen atoms in total. The Morgan fingerprint density at radius 2 is 1.12 bits per heavy atom. The van der Waals surface area contributed by atoms with Crippen molar-refractivity contribution in [2.45, 2.75) is 13.8 Å². The maximum absolute atomic E-state index is 2.24. The van der Waals surface area contributed by atoms with Gasteiger partial charge in [-0.1, -0.05) is 13.8 Å². The van der Waals surface area contributed by atoms with Crippen LogP contribution in [0, 0.1) is 0 Å². The molecule has 3 aromatic rings. The lowest BCUT2D eigenvalue weighted by Gasteiger charge is -1.99. The largest absolute Gasteiger partial charge is 0.351 e. The molecule has 2 heteroatoms. The molecule has 0 saturated heterocycles. The van der Waals surface area contributed by atoms with Gasteiger partial charge in [-0.05, 0) is 24.3 Å². The average Bonchev–Trinajstić information content (AvgIpc) is 2.86. The summed E-state index contributed by atoms with van der Waals surface area (Å²) in [6.45, 7) is 4.00. The fraction of sp³-hybridized carbons (Fsp3) is 0.286. The molecule has 0 N–H and O–H groups in total. The minimum atomic E-state index is 1.30. The summed E-state index contributed by atoms with van der Waals surface area (Å²) < 4.78 is 4.31. The number of benzene rings is 1. The highest BCUT2D eigenvalue weighted by atomic mass is 14.9. The molecular weight excluding hydrogens is 196 g/mol. The molecule has 1 aromatic carbocycles. The Morgan fingerprint density at radius 3 is 1.50 bits per heavy atom. The number of hydrogen-bond acceptors (Lipinski definition) is 0. The van der Waals surface area contributed by atoms with Crippen LogP contribution in [0.25, 0.3) is 21.8 Å². The van der Waals surface area contributed by atoms with E-state index in [0.29, 0.717) is 0 Å². The molecule has 0 amide bonds. The zero-order valence-corrected chi connectivity index (χ0v) is 10.4. The minimum absolute atomic E-state index is 1.30. The standard InChI is InChI=1S/C12H12N2.C2H6/c1-13-5-3-9-8-12-10(7-11(9)13)4-6-14(12)2;1-2/h3-8H,1-2H3;1-2H3. The minimum Gasteiger partial charge on any atom is -0.351 e. The third-order valence-electron chi connectivity index (χ3n) is 2.89. The van der Waals surface area contributed by atoms with Crippen molar-refractivity contribution in [1.29, 1.82) is 0 Å². The molecule has 0 aliphatic carbocycles. The van der Waals surface area contributed by atoms with Crippen LogP contribution in [0.4, 0.5) is 0 Å². The average molecular weight is 214 g/mol. The first kappa shape index (κ1) is 10.8. The van der Waals surface area contributed by atoms with E-state index >= 15 is 0 Å². The number of aromatic nitrogens is 2. The van der Waals surface area contributed by atoms with Crippen LogP contribution in [0.3, 0.4) is 0 Å². The second kappa shape index (κ2) is 4.05. The maximum Gasteiger partial charge on any atom is 0.0485 e. The first-order valence-electron chi connectivity index (χ1n) is 5.76. The predicted molar refractivity (Wildman–Crippen MR) is 70.7 cm³/mol.